The number of nitrogens with two attached hydrogens (primary N) is 1. The van der Waals surface area contributed by atoms with E-state index in [1.165, 1.54) is 6.20 Å². The number of piperazine rings is 1. The molecule has 2 N–H and O–H groups in total. The number of sulfone groups is 1. The Labute approximate surface area is 136 Å². The molecule has 0 spiro atoms. The monoisotopic (exact) mass is 338 g/mol. The first-order chi connectivity index (χ1) is 10.9. The number of hydrogen-bond donors (Lipinski definition) is 1. The number of aromatic nitrogens is 1. The van der Waals surface area contributed by atoms with Crippen molar-refractivity contribution in [2.24, 2.45) is 0 Å². The highest BCUT2D eigenvalue weighted by atomic mass is 32.2. The van der Waals surface area contributed by atoms with Crippen LogP contribution in [0.4, 0.5) is 5.82 Å². The number of anilines is 1. The number of carbonyl (C=O) groups excluding carboxylic acids is 1. The zero-order chi connectivity index (χ0) is 16.6. The standard InChI is InChI=1S/C15H22N4O3S/c1-2-5-18-6-7-19(13-10-23(21,22)9-12(13)18)15(20)11-3-4-17-14(16)8-11/h3-4,8,12-13H,2,5-7,9-10H2,1H3,(H2,16,17)/t12-,13+/m0/s1. The summed E-state index contributed by atoms with van der Waals surface area (Å²) < 4.78 is 24.2. The van der Waals surface area contributed by atoms with Gasteiger partial charge in [-0.1, -0.05) is 6.92 Å². The van der Waals surface area contributed by atoms with Crippen LogP contribution < -0.4 is 5.73 Å². The van der Waals surface area contributed by atoms with Crippen LogP contribution in [0.1, 0.15) is 23.7 Å². The van der Waals surface area contributed by atoms with E-state index in [0.29, 0.717) is 18.7 Å². The van der Waals surface area contributed by atoms with Gasteiger partial charge in [0.15, 0.2) is 9.84 Å². The fourth-order valence-electron chi connectivity index (χ4n) is 3.59. The second-order valence-electron chi connectivity index (χ2n) is 6.22. The van der Waals surface area contributed by atoms with E-state index in [1.54, 1.807) is 17.0 Å². The minimum Gasteiger partial charge on any atom is -0.384 e. The summed E-state index contributed by atoms with van der Waals surface area (Å²) in [4.78, 5) is 20.6. The van der Waals surface area contributed by atoms with Crippen molar-refractivity contribution in [2.75, 3.05) is 36.9 Å². The Hall–Kier alpha value is -1.67. The largest absolute Gasteiger partial charge is 0.384 e. The van der Waals surface area contributed by atoms with Gasteiger partial charge in [-0.2, -0.15) is 0 Å². The van der Waals surface area contributed by atoms with Crippen molar-refractivity contribution >= 4 is 21.6 Å². The molecular weight excluding hydrogens is 316 g/mol. The number of nitrogen functional groups attached to an aromatic ring is 1. The minimum absolute atomic E-state index is 0.0458. The van der Waals surface area contributed by atoms with Crippen LogP contribution in [0.3, 0.4) is 0 Å². The Kier molecular flexibility index (Phi) is 4.29. The van der Waals surface area contributed by atoms with E-state index in [2.05, 4.69) is 16.8 Å². The lowest BCUT2D eigenvalue weighted by Crippen LogP contribution is -2.60. The molecule has 0 unspecified atom stereocenters. The SMILES string of the molecule is CCCN1CCN(C(=O)c2ccnc(N)c2)[C@@H]2CS(=O)(=O)C[C@@H]21. The highest BCUT2D eigenvalue weighted by molar-refractivity contribution is 7.91. The fraction of sp³-hybridized carbons (Fsp3) is 0.600. The number of nitrogens with zero attached hydrogens (tertiary/aromatic N) is 3. The third-order valence-corrected chi connectivity index (χ3v) is 6.29. The van der Waals surface area contributed by atoms with Gasteiger partial charge in [0.25, 0.3) is 5.91 Å². The molecule has 3 heterocycles. The Balaban J connectivity index is 1.87. The highest BCUT2D eigenvalue weighted by Crippen LogP contribution is 2.28. The highest BCUT2D eigenvalue weighted by Gasteiger charge is 2.47. The van der Waals surface area contributed by atoms with Crippen LogP contribution in [0.5, 0.6) is 0 Å². The molecule has 7 nitrogen and oxygen atoms in total. The Morgan fingerprint density at radius 1 is 1.35 bits per heavy atom. The van der Waals surface area contributed by atoms with E-state index in [0.717, 1.165) is 13.0 Å². The van der Waals surface area contributed by atoms with E-state index in [1.807, 2.05) is 0 Å². The number of hydrogen-bond acceptors (Lipinski definition) is 6. The van der Waals surface area contributed by atoms with Crippen molar-refractivity contribution < 1.29 is 13.2 Å². The van der Waals surface area contributed by atoms with Crippen LogP contribution >= 0.6 is 0 Å². The van der Waals surface area contributed by atoms with Gasteiger partial charge in [-0.25, -0.2) is 13.4 Å². The molecule has 2 aliphatic heterocycles. The average molecular weight is 338 g/mol. The topological polar surface area (TPSA) is 96.6 Å². The van der Waals surface area contributed by atoms with Crippen molar-refractivity contribution in [2.45, 2.75) is 25.4 Å². The molecule has 1 aromatic rings. The number of pyridine rings is 1. The summed E-state index contributed by atoms with van der Waals surface area (Å²) in [5, 5.41) is 0. The second-order valence-corrected chi connectivity index (χ2v) is 8.37. The third-order valence-electron chi connectivity index (χ3n) is 4.59. The Bertz CT molecular complexity index is 706. The van der Waals surface area contributed by atoms with E-state index < -0.39 is 9.84 Å². The predicted molar refractivity (Wildman–Crippen MR) is 87.8 cm³/mol. The molecule has 2 fully saturated rings. The summed E-state index contributed by atoms with van der Waals surface area (Å²) in [6, 6.07) is 2.79. The Morgan fingerprint density at radius 3 is 2.78 bits per heavy atom. The van der Waals surface area contributed by atoms with Crippen molar-refractivity contribution in [3.63, 3.8) is 0 Å². The minimum atomic E-state index is -3.11. The second kappa shape index (κ2) is 6.09. The number of fused-ring (bicyclic) bond motifs is 1. The molecule has 1 amide bonds. The van der Waals surface area contributed by atoms with Gasteiger partial charge >= 0.3 is 0 Å². The average Bonchev–Trinajstić information content (AvgIpc) is 2.82. The van der Waals surface area contributed by atoms with Gasteiger partial charge in [-0.05, 0) is 25.1 Å². The van der Waals surface area contributed by atoms with Crippen LogP contribution in [-0.2, 0) is 9.84 Å². The predicted octanol–water partition coefficient (Wildman–Crippen LogP) is -0.00280. The van der Waals surface area contributed by atoms with Gasteiger partial charge in [-0.3, -0.25) is 9.69 Å². The summed E-state index contributed by atoms with van der Waals surface area (Å²) in [6.45, 7) is 4.19. The molecule has 2 atom stereocenters. The first-order valence-corrected chi connectivity index (χ1v) is 9.70. The van der Waals surface area contributed by atoms with Gasteiger partial charge < -0.3 is 10.6 Å². The molecule has 126 valence electrons. The molecule has 1 aromatic heterocycles. The lowest BCUT2D eigenvalue weighted by molar-refractivity contribution is 0.0333. The van der Waals surface area contributed by atoms with Crippen molar-refractivity contribution in [3.8, 4) is 0 Å². The van der Waals surface area contributed by atoms with E-state index in [-0.39, 0.29) is 35.3 Å². The maximum atomic E-state index is 12.8. The molecule has 0 bridgehead atoms. The van der Waals surface area contributed by atoms with Gasteiger partial charge in [0.1, 0.15) is 5.82 Å². The maximum absolute atomic E-state index is 12.8. The smallest absolute Gasteiger partial charge is 0.254 e. The number of amides is 1. The van der Waals surface area contributed by atoms with Gasteiger partial charge in [-0.15, -0.1) is 0 Å². The molecule has 23 heavy (non-hydrogen) atoms. The first-order valence-electron chi connectivity index (χ1n) is 7.88. The zero-order valence-corrected chi connectivity index (χ0v) is 14.0. The van der Waals surface area contributed by atoms with Gasteiger partial charge in [0, 0.05) is 30.9 Å². The van der Waals surface area contributed by atoms with Crippen LogP contribution in [0.15, 0.2) is 18.3 Å². The summed E-state index contributed by atoms with van der Waals surface area (Å²) >= 11 is 0. The molecule has 0 aromatic carbocycles. The lowest BCUT2D eigenvalue weighted by Gasteiger charge is -2.43. The fourth-order valence-corrected chi connectivity index (χ4v) is 5.60. The number of carbonyl (C=O) groups is 1. The van der Waals surface area contributed by atoms with E-state index in [4.69, 9.17) is 5.73 Å². The van der Waals surface area contributed by atoms with E-state index in [9.17, 15) is 13.2 Å². The van der Waals surface area contributed by atoms with Crippen LogP contribution in [-0.4, -0.2) is 72.3 Å². The molecule has 2 saturated heterocycles. The molecule has 0 aliphatic carbocycles. The lowest BCUT2D eigenvalue weighted by atomic mass is 10.0. The quantitative estimate of drug-likeness (QED) is 0.833. The van der Waals surface area contributed by atoms with Crippen molar-refractivity contribution in [1.82, 2.24) is 14.8 Å². The molecule has 0 radical (unpaired) electrons. The summed E-state index contributed by atoms with van der Waals surface area (Å²) in [5.41, 5.74) is 6.11. The van der Waals surface area contributed by atoms with Gasteiger partial charge in [0.05, 0.1) is 17.5 Å². The summed E-state index contributed by atoms with van der Waals surface area (Å²) in [7, 11) is -3.11. The molecule has 8 heteroatoms. The van der Waals surface area contributed by atoms with Crippen LogP contribution in [0, 0.1) is 0 Å². The van der Waals surface area contributed by atoms with Crippen molar-refractivity contribution in [3.05, 3.63) is 23.9 Å². The van der Waals surface area contributed by atoms with Gasteiger partial charge in [0.2, 0.25) is 0 Å². The van der Waals surface area contributed by atoms with Crippen molar-refractivity contribution in [1.29, 1.82) is 0 Å². The van der Waals surface area contributed by atoms with E-state index >= 15 is 0 Å². The summed E-state index contributed by atoms with van der Waals surface area (Å²) in [6.07, 6.45) is 2.47. The first kappa shape index (κ1) is 16.2. The normalized spacial score (nSPS) is 26.9. The molecule has 3 rings (SSSR count). The molecular formula is C15H22N4O3S. The molecule has 0 saturated carbocycles. The third kappa shape index (κ3) is 3.18. The summed E-state index contributed by atoms with van der Waals surface area (Å²) in [5.74, 6) is 0.308. The Morgan fingerprint density at radius 2 is 2.09 bits per heavy atom. The zero-order valence-electron chi connectivity index (χ0n) is 13.2. The molecule has 2 aliphatic rings. The van der Waals surface area contributed by atoms with Crippen LogP contribution in [0.25, 0.3) is 0 Å². The van der Waals surface area contributed by atoms with Crippen LogP contribution in [0.2, 0.25) is 0 Å². The number of rotatable bonds is 3. The maximum Gasteiger partial charge on any atom is 0.254 e.